The third-order valence-electron chi connectivity index (χ3n) is 1.70. The van der Waals surface area contributed by atoms with Gasteiger partial charge in [0.15, 0.2) is 0 Å². The van der Waals surface area contributed by atoms with Crippen LogP contribution < -0.4 is 10.6 Å². The summed E-state index contributed by atoms with van der Waals surface area (Å²) in [4.78, 5) is 10.9. The molecule has 1 atom stereocenters. The van der Waals surface area contributed by atoms with Crippen molar-refractivity contribution in [3.8, 4) is 0 Å². The van der Waals surface area contributed by atoms with E-state index in [1.54, 1.807) is 0 Å². The van der Waals surface area contributed by atoms with Gasteiger partial charge in [0.2, 0.25) is 0 Å². The highest BCUT2D eigenvalue weighted by Gasteiger charge is 2.08. The summed E-state index contributed by atoms with van der Waals surface area (Å²) in [5.74, 6) is 0.484. The molecule has 66 valence electrons. The molecule has 2 N–H and O–H groups in total. The molecular formula is C8H18N2O. The van der Waals surface area contributed by atoms with E-state index in [1.807, 2.05) is 13.8 Å². The van der Waals surface area contributed by atoms with Crippen molar-refractivity contribution >= 4 is 6.03 Å². The molecule has 0 bridgehead atoms. The average Bonchev–Trinajstić information content (AvgIpc) is 1.87. The fourth-order valence-electron chi connectivity index (χ4n) is 0.585. The second-order valence-corrected chi connectivity index (χ2v) is 3.04. The van der Waals surface area contributed by atoms with Gasteiger partial charge in [0.05, 0.1) is 0 Å². The summed E-state index contributed by atoms with van der Waals surface area (Å²) in [5, 5.41) is 5.51. The lowest BCUT2D eigenvalue weighted by molar-refractivity contribution is 0.235. The lowest BCUT2D eigenvalue weighted by Crippen LogP contribution is -2.42. The molecule has 0 aliphatic rings. The summed E-state index contributed by atoms with van der Waals surface area (Å²) < 4.78 is 0. The highest BCUT2D eigenvalue weighted by molar-refractivity contribution is 5.74. The van der Waals surface area contributed by atoms with Crippen molar-refractivity contribution < 1.29 is 4.79 Å². The van der Waals surface area contributed by atoms with Gasteiger partial charge in [0.25, 0.3) is 0 Å². The topological polar surface area (TPSA) is 41.1 Å². The van der Waals surface area contributed by atoms with E-state index >= 15 is 0 Å². The Hall–Kier alpha value is -0.730. The molecule has 0 aromatic rings. The summed E-state index contributed by atoms with van der Waals surface area (Å²) in [6.07, 6.45) is 0. The predicted molar refractivity (Wildman–Crippen MR) is 46.5 cm³/mol. The number of amides is 2. The summed E-state index contributed by atoms with van der Waals surface area (Å²) >= 11 is 0. The van der Waals surface area contributed by atoms with E-state index < -0.39 is 0 Å². The number of urea groups is 1. The van der Waals surface area contributed by atoms with Crippen LogP contribution in [0.2, 0.25) is 0 Å². The maximum Gasteiger partial charge on any atom is 0.314 e. The van der Waals surface area contributed by atoms with Crippen LogP contribution in [0.3, 0.4) is 0 Å². The maximum absolute atomic E-state index is 10.9. The molecule has 2 amide bonds. The molecule has 0 aromatic heterocycles. The first-order chi connectivity index (χ1) is 5.07. The van der Waals surface area contributed by atoms with Gasteiger partial charge in [-0.2, -0.15) is 0 Å². The standard InChI is InChI=1S/C8H18N2O/c1-5-9-8(11)10-7(4)6(2)3/h6-7H,5H2,1-4H3,(H2,9,10,11). The van der Waals surface area contributed by atoms with Crippen LogP contribution >= 0.6 is 0 Å². The smallest absolute Gasteiger partial charge is 0.314 e. The van der Waals surface area contributed by atoms with E-state index in [4.69, 9.17) is 0 Å². The molecule has 0 spiro atoms. The van der Waals surface area contributed by atoms with Crippen LogP contribution in [-0.4, -0.2) is 18.6 Å². The molecule has 0 aliphatic heterocycles. The minimum Gasteiger partial charge on any atom is -0.338 e. The average molecular weight is 158 g/mol. The number of rotatable bonds is 3. The minimum atomic E-state index is -0.0753. The Labute approximate surface area is 68.6 Å². The Balaban J connectivity index is 3.57. The lowest BCUT2D eigenvalue weighted by Gasteiger charge is -2.17. The second kappa shape index (κ2) is 4.99. The highest BCUT2D eigenvalue weighted by atomic mass is 16.2. The zero-order chi connectivity index (χ0) is 8.85. The van der Waals surface area contributed by atoms with Crippen LogP contribution in [0.4, 0.5) is 4.79 Å². The van der Waals surface area contributed by atoms with Crippen LogP contribution in [0.15, 0.2) is 0 Å². The van der Waals surface area contributed by atoms with Crippen molar-refractivity contribution in [2.45, 2.75) is 33.7 Å². The molecule has 0 aliphatic carbocycles. The van der Waals surface area contributed by atoms with Gasteiger partial charge in [0, 0.05) is 12.6 Å². The van der Waals surface area contributed by atoms with Gasteiger partial charge < -0.3 is 10.6 Å². The largest absolute Gasteiger partial charge is 0.338 e. The molecule has 3 heteroatoms. The highest BCUT2D eigenvalue weighted by Crippen LogP contribution is 1.98. The molecule has 0 fully saturated rings. The van der Waals surface area contributed by atoms with E-state index in [0.717, 1.165) is 0 Å². The number of hydrogen-bond donors (Lipinski definition) is 2. The van der Waals surface area contributed by atoms with Crippen LogP contribution in [0.25, 0.3) is 0 Å². The molecule has 0 rings (SSSR count). The third-order valence-corrected chi connectivity index (χ3v) is 1.70. The number of carbonyl (C=O) groups is 1. The van der Waals surface area contributed by atoms with Gasteiger partial charge in [0.1, 0.15) is 0 Å². The first-order valence-corrected chi connectivity index (χ1v) is 4.12. The summed E-state index contributed by atoms with van der Waals surface area (Å²) in [6.45, 7) is 8.74. The maximum atomic E-state index is 10.9. The van der Waals surface area contributed by atoms with Crippen molar-refractivity contribution in [2.75, 3.05) is 6.54 Å². The summed E-state index contributed by atoms with van der Waals surface area (Å²) in [6, 6.07) is 0.162. The summed E-state index contributed by atoms with van der Waals surface area (Å²) in [5.41, 5.74) is 0. The van der Waals surface area contributed by atoms with Crippen molar-refractivity contribution in [2.24, 2.45) is 5.92 Å². The van der Waals surface area contributed by atoms with Gasteiger partial charge in [-0.25, -0.2) is 4.79 Å². The molecular weight excluding hydrogens is 140 g/mol. The molecule has 0 saturated carbocycles. The molecule has 3 nitrogen and oxygen atoms in total. The summed E-state index contributed by atoms with van der Waals surface area (Å²) in [7, 11) is 0. The van der Waals surface area contributed by atoms with Crippen LogP contribution in [0.1, 0.15) is 27.7 Å². The van der Waals surface area contributed by atoms with Gasteiger partial charge in [-0.1, -0.05) is 13.8 Å². The Morgan fingerprint density at radius 3 is 2.27 bits per heavy atom. The number of nitrogens with one attached hydrogen (secondary N) is 2. The zero-order valence-electron chi connectivity index (χ0n) is 7.77. The molecule has 11 heavy (non-hydrogen) atoms. The predicted octanol–water partition coefficient (Wildman–Crippen LogP) is 1.35. The molecule has 1 unspecified atom stereocenters. The quantitative estimate of drug-likeness (QED) is 0.639. The van der Waals surface area contributed by atoms with E-state index in [0.29, 0.717) is 12.5 Å². The fourth-order valence-corrected chi connectivity index (χ4v) is 0.585. The van der Waals surface area contributed by atoms with Crippen LogP contribution in [0, 0.1) is 5.92 Å². The Morgan fingerprint density at radius 2 is 1.91 bits per heavy atom. The monoisotopic (exact) mass is 158 g/mol. The third kappa shape index (κ3) is 4.65. The Bertz CT molecular complexity index is 123. The SMILES string of the molecule is CCNC(=O)NC(C)C(C)C. The molecule has 0 aromatic carbocycles. The van der Waals surface area contributed by atoms with E-state index in [9.17, 15) is 4.79 Å². The van der Waals surface area contributed by atoms with Crippen LogP contribution in [0.5, 0.6) is 0 Å². The van der Waals surface area contributed by atoms with Gasteiger partial charge in [-0.3, -0.25) is 0 Å². The van der Waals surface area contributed by atoms with E-state index in [2.05, 4.69) is 24.5 Å². The van der Waals surface area contributed by atoms with E-state index in [-0.39, 0.29) is 12.1 Å². The van der Waals surface area contributed by atoms with Crippen molar-refractivity contribution in [1.82, 2.24) is 10.6 Å². The molecule has 0 saturated heterocycles. The van der Waals surface area contributed by atoms with Crippen molar-refractivity contribution in [3.63, 3.8) is 0 Å². The minimum absolute atomic E-state index is 0.0753. The Kier molecular flexibility index (Phi) is 4.66. The normalized spacial score (nSPS) is 12.8. The van der Waals surface area contributed by atoms with Gasteiger partial charge in [-0.15, -0.1) is 0 Å². The Morgan fingerprint density at radius 1 is 1.36 bits per heavy atom. The van der Waals surface area contributed by atoms with Gasteiger partial charge in [-0.05, 0) is 19.8 Å². The lowest BCUT2D eigenvalue weighted by atomic mass is 10.1. The molecule has 0 radical (unpaired) electrons. The van der Waals surface area contributed by atoms with Gasteiger partial charge >= 0.3 is 6.03 Å². The molecule has 0 heterocycles. The fraction of sp³-hybridized carbons (Fsp3) is 0.875. The number of hydrogen-bond acceptors (Lipinski definition) is 1. The number of carbonyl (C=O) groups excluding carboxylic acids is 1. The van der Waals surface area contributed by atoms with Crippen molar-refractivity contribution in [1.29, 1.82) is 0 Å². The van der Waals surface area contributed by atoms with Crippen molar-refractivity contribution in [3.05, 3.63) is 0 Å². The zero-order valence-corrected chi connectivity index (χ0v) is 7.77. The first kappa shape index (κ1) is 10.3. The first-order valence-electron chi connectivity index (χ1n) is 4.12. The second-order valence-electron chi connectivity index (χ2n) is 3.04. The van der Waals surface area contributed by atoms with E-state index in [1.165, 1.54) is 0 Å². The van der Waals surface area contributed by atoms with Crippen LogP contribution in [-0.2, 0) is 0 Å².